The first kappa shape index (κ1) is 10.5. The van der Waals surface area contributed by atoms with Crippen molar-refractivity contribution in [1.82, 2.24) is 9.55 Å². The topological polar surface area (TPSA) is 47.0 Å². The minimum Gasteiger partial charge on any atom is -0.379 e. The number of aromatic nitrogens is 2. The van der Waals surface area contributed by atoms with Gasteiger partial charge in [0.15, 0.2) is 0 Å². The zero-order valence-electron chi connectivity index (χ0n) is 9.28. The van der Waals surface area contributed by atoms with Gasteiger partial charge in [-0.3, -0.25) is 4.57 Å². The summed E-state index contributed by atoms with van der Waals surface area (Å²) in [5, 5.41) is 0. The second kappa shape index (κ2) is 4.00. The van der Waals surface area contributed by atoms with E-state index in [0.717, 1.165) is 25.0 Å². The van der Waals surface area contributed by atoms with E-state index in [1.54, 1.807) is 10.6 Å². The van der Waals surface area contributed by atoms with Crippen LogP contribution in [0.1, 0.15) is 18.9 Å². The SMILES string of the molecule is O=c1[nH]c2cc(F)ccc2n1C1CCCOC1. The Kier molecular flexibility index (Phi) is 2.48. The molecule has 0 bridgehead atoms. The number of rotatable bonds is 1. The molecule has 4 nitrogen and oxygen atoms in total. The van der Waals surface area contributed by atoms with Crippen molar-refractivity contribution in [2.75, 3.05) is 13.2 Å². The van der Waals surface area contributed by atoms with Crippen molar-refractivity contribution in [2.45, 2.75) is 18.9 Å². The van der Waals surface area contributed by atoms with Gasteiger partial charge in [-0.05, 0) is 31.0 Å². The average molecular weight is 236 g/mol. The number of ether oxygens (including phenoxy) is 1. The summed E-state index contributed by atoms with van der Waals surface area (Å²) in [5.74, 6) is -0.342. The molecule has 0 spiro atoms. The Morgan fingerprint density at radius 3 is 3.12 bits per heavy atom. The van der Waals surface area contributed by atoms with Crippen LogP contribution in [0.3, 0.4) is 0 Å². The molecule has 1 aliphatic heterocycles. The van der Waals surface area contributed by atoms with Crippen LogP contribution in [-0.4, -0.2) is 22.8 Å². The van der Waals surface area contributed by atoms with Gasteiger partial charge in [-0.15, -0.1) is 0 Å². The Hall–Kier alpha value is -1.62. The molecular weight excluding hydrogens is 223 g/mol. The fraction of sp³-hybridized carbons (Fsp3) is 0.417. The van der Waals surface area contributed by atoms with E-state index in [1.165, 1.54) is 12.1 Å². The molecule has 1 aromatic carbocycles. The highest BCUT2D eigenvalue weighted by Crippen LogP contribution is 2.22. The van der Waals surface area contributed by atoms with E-state index in [4.69, 9.17) is 4.74 Å². The monoisotopic (exact) mass is 236 g/mol. The summed E-state index contributed by atoms with van der Waals surface area (Å²) in [7, 11) is 0. The van der Waals surface area contributed by atoms with E-state index >= 15 is 0 Å². The highest BCUT2D eigenvalue weighted by atomic mass is 19.1. The van der Waals surface area contributed by atoms with Gasteiger partial charge >= 0.3 is 5.69 Å². The highest BCUT2D eigenvalue weighted by molar-refractivity contribution is 5.75. The molecule has 1 aromatic heterocycles. The number of hydrogen-bond acceptors (Lipinski definition) is 2. The first-order valence-electron chi connectivity index (χ1n) is 5.73. The van der Waals surface area contributed by atoms with Gasteiger partial charge in [-0.1, -0.05) is 0 Å². The van der Waals surface area contributed by atoms with Crippen LogP contribution in [0.5, 0.6) is 0 Å². The molecule has 90 valence electrons. The van der Waals surface area contributed by atoms with E-state index in [0.29, 0.717) is 12.1 Å². The van der Waals surface area contributed by atoms with E-state index < -0.39 is 0 Å². The summed E-state index contributed by atoms with van der Waals surface area (Å²) in [5.41, 5.74) is 1.09. The van der Waals surface area contributed by atoms with Gasteiger partial charge < -0.3 is 9.72 Å². The second-order valence-corrected chi connectivity index (χ2v) is 4.33. The number of nitrogens with one attached hydrogen (secondary N) is 1. The molecule has 1 atom stereocenters. The Morgan fingerprint density at radius 2 is 2.35 bits per heavy atom. The lowest BCUT2D eigenvalue weighted by Gasteiger charge is -2.23. The van der Waals surface area contributed by atoms with Crippen LogP contribution >= 0.6 is 0 Å². The molecule has 0 aliphatic carbocycles. The van der Waals surface area contributed by atoms with Gasteiger partial charge in [-0.2, -0.15) is 0 Å². The number of nitrogens with zero attached hydrogens (tertiary/aromatic N) is 1. The van der Waals surface area contributed by atoms with Gasteiger partial charge in [0, 0.05) is 6.61 Å². The van der Waals surface area contributed by atoms with Crippen molar-refractivity contribution in [2.24, 2.45) is 0 Å². The third kappa shape index (κ3) is 1.76. The lowest BCUT2D eigenvalue weighted by Crippen LogP contribution is -2.28. The standard InChI is InChI=1S/C12H13FN2O2/c13-8-3-4-11-10(6-8)14-12(16)15(11)9-2-1-5-17-7-9/h3-4,6,9H,1-2,5,7H2,(H,14,16). The second-order valence-electron chi connectivity index (χ2n) is 4.33. The Balaban J connectivity index is 2.14. The maximum absolute atomic E-state index is 13.1. The summed E-state index contributed by atoms with van der Waals surface area (Å²) >= 11 is 0. The van der Waals surface area contributed by atoms with Crippen molar-refractivity contribution in [1.29, 1.82) is 0 Å². The summed E-state index contributed by atoms with van der Waals surface area (Å²) in [6, 6.07) is 4.40. The molecule has 17 heavy (non-hydrogen) atoms. The predicted molar refractivity (Wildman–Crippen MR) is 61.6 cm³/mol. The number of halogens is 1. The van der Waals surface area contributed by atoms with Crippen LogP contribution in [0, 0.1) is 5.82 Å². The van der Waals surface area contributed by atoms with E-state index in [9.17, 15) is 9.18 Å². The number of benzene rings is 1. The summed E-state index contributed by atoms with van der Waals surface area (Å²) in [6.07, 6.45) is 1.87. The fourth-order valence-corrected chi connectivity index (χ4v) is 2.39. The smallest absolute Gasteiger partial charge is 0.326 e. The lowest BCUT2D eigenvalue weighted by molar-refractivity contribution is 0.0595. The van der Waals surface area contributed by atoms with Crippen molar-refractivity contribution in [3.63, 3.8) is 0 Å². The van der Waals surface area contributed by atoms with Crippen molar-refractivity contribution < 1.29 is 9.13 Å². The van der Waals surface area contributed by atoms with Crippen molar-refractivity contribution in [3.05, 3.63) is 34.5 Å². The molecule has 2 heterocycles. The molecule has 0 radical (unpaired) electrons. The normalized spacial score (nSPS) is 20.9. The van der Waals surface area contributed by atoms with E-state index in [1.807, 2.05) is 0 Å². The molecule has 1 aliphatic rings. The van der Waals surface area contributed by atoms with Crippen LogP contribution < -0.4 is 5.69 Å². The number of imidazole rings is 1. The largest absolute Gasteiger partial charge is 0.379 e. The maximum Gasteiger partial charge on any atom is 0.326 e. The molecule has 1 unspecified atom stereocenters. The first-order valence-corrected chi connectivity index (χ1v) is 5.73. The maximum atomic E-state index is 13.1. The Bertz CT molecular complexity index is 596. The van der Waals surface area contributed by atoms with Crippen LogP contribution in [0.25, 0.3) is 11.0 Å². The molecule has 5 heteroatoms. The molecule has 0 amide bonds. The number of hydrogen-bond donors (Lipinski definition) is 1. The number of aromatic amines is 1. The van der Waals surface area contributed by atoms with Crippen LogP contribution in [0.2, 0.25) is 0 Å². The van der Waals surface area contributed by atoms with Crippen LogP contribution in [0.15, 0.2) is 23.0 Å². The van der Waals surface area contributed by atoms with Gasteiger partial charge in [-0.25, -0.2) is 9.18 Å². The van der Waals surface area contributed by atoms with Crippen molar-refractivity contribution in [3.8, 4) is 0 Å². The molecule has 1 fully saturated rings. The predicted octanol–water partition coefficient (Wildman–Crippen LogP) is 1.82. The first-order chi connectivity index (χ1) is 8.25. The molecule has 1 saturated heterocycles. The fourth-order valence-electron chi connectivity index (χ4n) is 2.39. The highest BCUT2D eigenvalue weighted by Gasteiger charge is 2.20. The van der Waals surface area contributed by atoms with Gasteiger partial charge in [0.2, 0.25) is 0 Å². The molecular formula is C12H13FN2O2. The zero-order chi connectivity index (χ0) is 11.8. The Labute approximate surface area is 97.0 Å². The molecule has 3 rings (SSSR count). The summed E-state index contributed by atoms with van der Waals surface area (Å²) < 4.78 is 20.1. The average Bonchev–Trinajstić information content (AvgIpc) is 2.65. The number of fused-ring (bicyclic) bond motifs is 1. The van der Waals surface area contributed by atoms with Crippen LogP contribution in [-0.2, 0) is 4.74 Å². The van der Waals surface area contributed by atoms with Gasteiger partial charge in [0.1, 0.15) is 5.82 Å². The molecule has 0 saturated carbocycles. The van der Waals surface area contributed by atoms with E-state index in [-0.39, 0.29) is 17.5 Å². The summed E-state index contributed by atoms with van der Waals surface area (Å²) in [4.78, 5) is 14.6. The van der Waals surface area contributed by atoms with E-state index in [2.05, 4.69) is 4.98 Å². The summed E-state index contributed by atoms with van der Waals surface area (Å²) in [6.45, 7) is 1.30. The lowest BCUT2D eigenvalue weighted by atomic mass is 10.1. The minimum absolute atomic E-state index is 0.0514. The van der Waals surface area contributed by atoms with Gasteiger partial charge in [0.05, 0.1) is 23.7 Å². The quantitative estimate of drug-likeness (QED) is 0.821. The van der Waals surface area contributed by atoms with Gasteiger partial charge in [0.25, 0.3) is 0 Å². The zero-order valence-corrected chi connectivity index (χ0v) is 9.28. The molecule has 2 aromatic rings. The molecule has 1 N–H and O–H groups in total. The third-order valence-electron chi connectivity index (χ3n) is 3.18. The minimum atomic E-state index is -0.342. The number of H-pyrrole nitrogens is 1. The Morgan fingerprint density at radius 1 is 1.47 bits per heavy atom. The third-order valence-corrected chi connectivity index (χ3v) is 3.18. The van der Waals surface area contributed by atoms with Crippen molar-refractivity contribution >= 4 is 11.0 Å². The van der Waals surface area contributed by atoms with Crippen LogP contribution in [0.4, 0.5) is 4.39 Å².